The predicted octanol–water partition coefficient (Wildman–Crippen LogP) is 3.82. The van der Waals surface area contributed by atoms with Crippen LogP contribution in [0.3, 0.4) is 0 Å². The van der Waals surface area contributed by atoms with E-state index in [-0.39, 0.29) is 17.5 Å². The van der Waals surface area contributed by atoms with Crippen LogP contribution in [0.15, 0.2) is 59.1 Å². The number of amides is 1. The summed E-state index contributed by atoms with van der Waals surface area (Å²) >= 11 is 0. The number of hydrogen-bond donors (Lipinski definition) is 0. The standard InChI is InChI=1S/C19H18FN3O2/c1-22(2)18-15(5-4-12-21-18)23(3)19(24)17-11-10-16(25-17)13-6-8-14(20)9-7-13/h4-12H,1-3H3. The van der Waals surface area contributed by atoms with Crippen LogP contribution in [0.1, 0.15) is 10.6 Å². The summed E-state index contributed by atoms with van der Waals surface area (Å²) in [6.07, 6.45) is 1.68. The van der Waals surface area contributed by atoms with E-state index in [1.54, 1.807) is 43.6 Å². The molecule has 0 saturated carbocycles. The van der Waals surface area contributed by atoms with E-state index in [0.717, 1.165) is 0 Å². The van der Waals surface area contributed by atoms with Gasteiger partial charge in [0.05, 0.1) is 5.69 Å². The smallest absolute Gasteiger partial charge is 0.293 e. The fourth-order valence-electron chi connectivity index (χ4n) is 2.49. The van der Waals surface area contributed by atoms with Gasteiger partial charge < -0.3 is 14.2 Å². The summed E-state index contributed by atoms with van der Waals surface area (Å²) in [6.45, 7) is 0. The zero-order chi connectivity index (χ0) is 18.0. The summed E-state index contributed by atoms with van der Waals surface area (Å²) in [5.41, 5.74) is 1.38. The summed E-state index contributed by atoms with van der Waals surface area (Å²) in [7, 11) is 5.40. The Morgan fingerprint density at radius 1 is 1.04 bits per heavy atom. The van der Waals surface area contributed by atoms with Gasteiger partial charge in [-0.1, -0.05) is 0 Å². The maximum Gasteiger partial charge on any atom is 0.293 e. The average molecular weight is 339 g/mol. The van der Waals surface area contributed by atoms with Gasteiger partial charge in [0.1, 0.15) is 11.6 Å². The van der Waals surface area contributed by atoms with Gasteiger partial charge in [0.2, 0.25) is 0 Å². The summed E-state index contributed by atoms with van der Waals surface area (Å²) in [4.78, 5) is 20.4. The molecule has 0 aliphatic heterocycles. The summed E-state index contributed by atoms with van der Waals surface area (Å²) in [5.74, 6) is 0.790. The van der Waals surface area contributed by atoms with Crippen molar-refractivity contribution in [2.75, 3.05) is 30.9 Å². The lowest BCUT2D eigenvalue weighted by Crippen LogP contribution is -2.28. The number of hydrogen-bond acceptors (Lipinski definition) is 4. The molecule has 0 spiro atoms. The van der Waals surface area contributed by atoms with Crippen LogP contribution >= 0.6 is 0 Å². The Labute approximate surface area is 145 Å². The Morgan fingerprint density at radius 2 is 1.76 bits per heavy atom. The van der Waals surface area contributed by atoms with Crippen LogP contribution in [0, 0.1) is 5.82 Å². The third-order valence-corrected chi connectivity index (χ3v) is 3.80. The molecule has 0 aliphatic carbocycles. The number of nitrogens with zero attached hydrogens (tertiary/aromatic N) is 3. The molecule has 0 fully saturated rings. The average Bonchev–Trinajstić information content (AvgIpc) is 3.11. The molecule has 5 nitrogen and oxygen atoms in total. The predicted molar refractivity (Wildman–Crippen MR) is 95.4 cm³/mol. The largest absolute Gasteiger partial charge is 0.451 e. The van der Waals surface area contributed by atoms with Crippen molar-refractivity contribution >= 4 is 17.4 Å². The van der Waals surface area contributed by atoms with Gasteiger partial charge in [0.15, 0.2) is 11.6 Å². The molecule has 0 radical (unpaired) electrons. The number of carbonyl (C=O) groups excluding carboxylic acids is 1. The molecule has 0 aliphatic rings. The lowest BCUT2D eigenvalue weighted by molar-refractivity contribution is 0.0967. The number of benzene rings is 1. The van der Waals surface area contributed by atoms with Gasteiger partial charge >= 0.3 is 0 Å². The Kier molecular flexibility index (Phi) is 4.52. The number of halogens is 1. The van der Waals surface area contributed by atoms with Crippen LogP contribution in [-0.2, 0) is 0 Å². The highest BCUT2D eigenvalue weighted by Gasteiger charge is 2.21. The number of carbonyl (C=O) groups is 1. The molecule has 2 aromatic heterocycles. The van der Waals surface area contributed by atoms with Gasteiger partial charge in [0, 0.05) is 32.9 Å². The van der Waals surface area contributed by atoms with Crippen molar-refractivity contribution in [3.05, 3.63) is 66.3 Å². The van der Waals surface area contributed by atoms with Crippen LogP contribution < -0.4 is 9.80 Å². The van der Waals surface area contributed by atoms with Crippen LogP contribution in [0.4, 0.5) is 15.9 Å². The molecule has 2 heterocycles. The maximum absolute atomic E-state index is 13.0. The monoisotopic (exact) mass is 339 g/mol. The first-order chi connectivity index (χ1) is 12.0. The molecule has 3 rings (SSSR count). The lowest BCUT2D eigenvalue weighted by Gasteiger charge is -2.22. The lowest BCUT2D eigenvalue weighted by atomic mass is 10.2. The van der Waals surface area contributed by atoms with Crippen molar-refractivity contribution in [2.45, 2.75) is 0 Å². The molecule has 6 heteroatoms. The second kappa shape index (κ2) is 6.76. The first-order valence-electron chi connectivity index (χ1n) is 7.73. The zero-order valence-corrected chi connectivity index (χ0v) is 14.2. The first-order valence-corrected chi connectivity index (χ1v) is 7.73. The Hall–Kier alpha value is -3.15. The van der Waals surface area contributed by atoms with E-state index >= 15 is 0 Å². The maximum atomic E-state index is 13.0. The zero-order valence-electron chi connectivity index (χ0n) is 14.2. The SMILES string of the molecule is CN(C)c1ncccc1N(C)C(=O)c1ccc(-c2ccc(F)cc2)o1. The molecule has 128 valence electrons. The minimum absolute atomic E-state index is 0.204. The Morgan fingerprint density at radius 3 is 2.44 bits per heavy atom. The molecular formula is C19H18FN3O2. The minimum atomic E-state index is -0.320. The highest BCUT2D eigenvalue weighted by molar-refractivity contribution is 6.05. The number of anilines is 2. The van der Waals surface area contributed by atoms with Crippen LogP contribution in [0.5, 0.6) is 0 Å². The number of furan rings is 1. The topological polar surface area (TPSA) is 49.6 Å². The molecule has 1 aromatic carbocycles. The van der Waals surface area contributed by atoms with Gasteiger partial charge in [-0.25, -0.2) is 9.37 Å². The third-order valence-electron chi connectivity index (χ3n) is 3.80. The second-order valence-corrected chi connectivity index (χ2v) is 5.78. The Balaban J connectivity index is 1.88. The van der Waals surface area contributed by atoms with Crippen molar-refractivity contribution in [1.29, 1.82) is 0 Å². The van der Waals surface area contributed by atoms with Gasteiger partial charge in [0.25, 0.3) is 5.91 Å². The molecule has 0 N–H and O–H groups in total. The van der Waals surface area contributed by atoms with Gasteiger partial charge in [-0.15, -0.1) is 0 Å². The number of rotatable bonds is 4. The summed E-state index contributed by atoms with van der Waals surface area (Å²) < 4.78 is 18.7. The quantitative estimate of drug-likeness (QED) is 0.725. The van der Waals surface area contributed by atoms with Crippen LogP contribution in [0.25, 0.3) is 11.3 Å². The fraction of sp³-hybridized carbons (Fsp3) is 0.158. The number of aromatic nitrogens is 1. The van der Waals surface area contributed by atoms with Gasteiger partial charge in [-0.05, 0) is 48.5 Å². The van der Waals surface area contributed by atoms with E-state index in [1.807, 2.05) is 25.1 Å². The molecule has 3 aromatic rings. The molecule has 0 saturated heterocycles. The third kappa shape index (κ3) is 3.38. The molecule has 0 atom stereocenters. The fourth-order valence-corrected chi connectivity index (χ4v) is 2.49. The van der Waals surface area contributed by atoms with Crippen molar-refractivity contribution in [3.63, 3.8) is 0 Å². The van der Waals surface area contributed by atoms with E-state index in [1.165, 1.54) is 17.0 Å². The number of pyridine rings is 1. The van der Waals surface area contributed by atoms with Crippen molar-refractivity contribution < 1.29 is 13.6 Å². The van der Waals surface area contributed by atoms with Crippen LogP contribution in [0.2, 0.25) is 0 Å². The van der Waals surface area contributed by atoms with E-state index in [0.29, 0.717) is 22.8 Å². The van der Waals surface area contributed by atoms with E-state index in [9.17, 15) is 9.18 Å². The first kappa shape index (κ1) is 16.7. The van der Waals surface area contributed by atoms with E-state index < -0.39 is 0 Å². The van der Waals surface area contributed by atoms with E-state index in [2.05, 4.69) is 4.98 Å². The minimum Gasteiger partial charge on any atom is -0.451 e. The van der Waals surface area contributed by atoms with Crippen molar-refractivity contribution in [2.24, 2.45) is 0 Å². The second-order valence-electron chi connectivity index (χ2n) is 5.78. The summed E-state index contributed by atoms with van der Waals surface area (Å²) in [5, 5.41) is 0. The highest BCUT2D eigenvalue weighted by atomic mass is 19.1. The Bertz CT molecular complexity index is 888. The van der Waals surface area contributed by atoms with Crippen molar-refractivity contribution in [1.82, 2.24) is 4.98 Å². The molecular weight excluding hydrogens is 321 g/mol. The van der Waals surface area contributed by atoms with Gasteiger partial charge in [-0.2, -0.15) is 0 Å². The van der Waals surface area contributed by atoms with Crippen molar-refractivity contribution in [3.8, 4) is 11.3 Å². The molecule has 25 heavy (non-hydrogen) atoms. The normalized spacial score (nSPS) is 10.6. The summed E-state index contributed by atoms with van der Waals surface area (Å²) in [6, 6.07) is 12.8. The van der Waals surface area contributed by atoms with Crippen LogP contribution in [-0.4, -0.2) is 32.0 Å². The molecule has 0 unspecified atom stereocenters. The molecule has 0 bridgehead atoms. The highest BCUT2D eigenvalue weighted by Crippen LogP contribution is 2.27. The molecule has 1 amide bonds. The van der Waals surface area contributed by atoms with E-state index in [4.69, 9.17) is 4.42 Å². The van der Waals surface area contributed by atoms with Gasteiger partial charge in [-0.3, -0.25) is 4.79 Å².